The Morgan fingerprint density at radius 3 is 2.93 bits per heavy atom. The number of likely N-dealkylation sites (tertiary alicyclic amines) is 1. The fourth-order valence-electron chi connectivity index (χ4n) is 3.64. The number of aromatic nitrogens is 1. The van der Waals surface area contributed by atoms with E-state index in [9.17, 15) is 9.18 Å². The second-order valence-electron chi connectivity index (χ2n) is 7.03. The van der Waals surface area contributed by atoms with Gasteiger partial charge in [-0.15, -0.1) is 11.3 Å². The largest absolute Gasteiger partial charge is 0.449 e. The summed E-state index contributed by atoms with van der Waals surface area (Å²) in [4.78, 5) is 23.9. The van der Waals surface area contributed by atoms with Crippen molar-refractivity contribution in [1.29, 1.82) is 0 Å². The van der Waals surface area contributed by atoms with Crippen molar-refractivity contribution >= 4 is 29.0 Å². The molecular weight excluding hydrogens is 381 g/mol. The summed E-state index contributed by atoms with van der Waals surface area (Å²) in [6.45, 7) is 3.27. The number of rotatable bonds is 3. The number of fused-ring (bicyclic) bond motifs is 1. The van der Waals surface area contributed by atoms with E-state index in [2.05, 4.69) is 15.3 Å². The molecule has 3 N–H and O–H groups in total. The number of ether oxygens (including phenoxy) is 1. The zero-order valence-electron chi connectivity index (χ0n) is 15.6. The highest BCUT2D eigenvalue weighted by atomic mass is 32.1. The van der Waals surface area contributed by atoms with Crippen LogP contribution in [0.1, 0.15) is 29.0 Å². The third-order valence-electron chi connectivity index (χ3n) is 5.22. The highest BCUT2D eigenvalue weighted by Crippen LogP contribution is 2.35. The first-order chi connectivity index (χ1) is 13.5. The molecule has 1 aromatic heterocycles. The minimum atomic E-state index is -0.610. The molecule has 28 heavy (non-hydrogen) atoms. The molecule has 1 saturated heterocycles. The Hall–Kier alpha value is -2.68. The molecule has 0 aliphatic carbocycles. The molecule has 0 radical (unpaired) electrons. The van der Waals surface area contributed by atoms with Crippen molar-refractivity contribution in [3.63, 3.8) is 0 Å². The Labute approximate surface area is 166 Å². The lowest BCUT2D eigenvalue weighted by Gasteiger charge is -2.42. The van der Waals surface area contributed by atoms with Gasteiger partial charge in [0, 0.05) is 42.9 Å². The maximum Gasteiger partial charge on any atom is 0.409 e. The lowest BCUT2D eigenvalue weighted by atomic mass is 9.94. The Balaban J connectivity index is 1.34. The number of carbonyl (C=O) groups is 1. The number of nitrogens with zero attached hydrogens (tertiary/aromatic N) is 3. The molecular formula is C19H22FN5O2S. The summed E-state index contributed by atoms with van der Waals surface area (Å²) in [5.41, 5.74) is 9.16. The number of aliphatic imine (C=N–C) groups is 1. The highest BCUT2D eigenvalue weighted by Gasteiger charge is 2.39. The SMILES string of the molecule is Cc1ncsc1CCOC(=O)N1CCC2(CC1)N=C(N)c1c(F)cccc1N2. The van der Waals surface area contributed by atoms with E-state index < -0.39 is 11.5 Å². The van der Waals surface area contributed by atoms with Crippen molar-refractivity contribution in [2.45, 2.75) is 31.8 Å². The van der Waals surface area contributed by atoms with Crippen molar-refractivity contribution in [2.24, 2.45) is 10.7 Å². The second-order valence-corrected chi connectivity index (χ2v) is 7.97. The van der Waals surface area contributed by atoms with Crippen LogP contribution in [0.25, 0.3) is 0 Å². The molecule has 0 unspecified atom stereocenters. The van der Waals surface area contributed by atoms with Crippen LogP contribution in [0.5, 0.6) is 0 Å². The Bertz CT molecular complexity index is 921. The first-order valence-corrected chi connectivity index (χ1v) is 10.1. The molecule has 148 valence electrons. The average molecular weight is 403 g/mol. The molecule has 2 aromatic rings. The molecule has 0 saturated carbocycles. The van der Waals surface area contributed by atoms with Gasteiger partial charge in [-0.1, -0.05) is 6.07 Å². The minimum Gasteiger partial charge on any atom is -0.449 e. The van der Waals surface area contributed by atoms with Gasteiger partial charge in [0.25, 0.3) is 0 Å². The summed E-state index contributed by atoms with van der Waals surface area (Å²) < 4.78 is 19.4. The summed E-state index contributed by atoms with van der Waals surface area (Å²) in [5.74, 6) is -0.193. The summed E-state index contributed by atoms with van der Waals surface area (Å²) in [5, 5.41) is 3.32. The molecule has 2 aliphatic heterocycles. The van der Waals surface area contributed by atoms with Crippen LogP contribution in [0.2, 0.25) is 0 Å². The molecule has 2 aliphatic rings. The van der Waals surface area contributed by atoms with E-state index in [-0.39, 0.29) is 11.9 Å². The van der Waals surface area contributed by atoms with Crippen molar-refractivity contribution in [3.8, 4) is 0 Å². The zero-order valence-corrected chi connectivity index (χ0v) is 16.4. The van der Waals surface area contributed by atoms with Gasteiger partial charge in [-0.3, -0.25) is 0 Å². The number of hydrogen-bond acceptors (Lipinski definition) is 7. The van der Waals surface area contributed by atoms with Crippen LogP contribution < -0.4 is 11.1 Å². The van der Waals surface area contributed by atoms with E-state index in [0.717, 1.165) is 10.6 Å². The third-order valence-corrected chi connectivity index (χ3v) is 6.21. The van der Waals surface area contributed by atoms with Gasteiger partial charge in [-0.2, -0.15) is 0 Å². The normalized spacial score (nSPS) is 17.6. The highest BCUT2D eigenvalue weighted by molar-refractivity contribution is 7.09. The average Bonchev–Trinajstić information content (AvgIpc) is 3.07. The molecule has 1 spiro atoms. The van der Waals surface area contributed by atoms with Crippen LogP contribution in [0.3, 0.4) is 0 Å². The van der Waals surface area contributed by atoms with E-state index in [1.54, 1.807) is 33.9 Å². The van der Waals surface area contributed by atoms with E-state index >= 15 is 0 Å². The van der Waals surface area contributed by atoms with Crippen molar-refractivity contribution < 1.29 is 13.9 Å². The Morgan fingerprint density at radius 2 is 2.21 bits per heavy atom. The summed E-state index contributed by atoms with van der Waals surface area (Å²) >= 11 is 1.57. The maximum absolute atomic E-state index is 14.0. The Morgan fingerprint density at radius 1 is 1.43 bits per heavy atom. The van der Waals surface area contributed by atoms with Crippen LogP contribution in [-0.2, 0) is 11.2 Å². The van der Waals surface area contributed by atoms with Crippen LogP contribution in [-0.4, -0.2) is 47.2 Å². The van der Waals surface area contributed by atoms with E-state index in [1.807, 2.05) is 6.92 Å². The summed E-state index contributed by atoms with van der Waals surface area (Å²) in [6, 6.07) is 4.81. The molecule has 0 atom stereocenters. The van der Waals surface area contributed by atoms with E-state index in [4.69, 9.17) is 10.5 Å². The van der Waals surface area contributed by atoms with Crippen molar-refractivity contribution in [1.82, 2.24) is 9.88 Å². The zero-order chi connectivity index (χ0) is 19.7. The topological polar surface area (TPSA) is 92.8 Å². The van der Waals surface area contributed by atoms with Crippen LogP contribution in [0.15, 0.2) is 28.7 Å². The molecule has 1 aromatic carbocycles. The van der Waals surface area contributed by atoms with Gasteiger partial charge in [0.1, 0.15) is 17.3 Å². The number of amides is 1. The van der Waals surface area contributed by atoms with Gasteiger partial charge in [0.05, 0.1) is 23.4 Å². The number of thiazole rings is 1. The fraction of sp³-hybridized carbons (Fsp3) is 0.421. The van der Waals surface area contributed by atoms with Gasteiger partial charge in [0.2, 0.25) is 0 Å². The van der Waals surface area contributed by atoms with Gasteiger partial charge in [0.15, 0.2) is 0 Å². The lowest BCUT2D eigenvalue weighted by molar-refractivity contribution is 0.0875. The van der Waals surface area contributed by atoms with Crippen molar-refractivity contribution in [2.75, 3.05) is 25.0 Å². The molecule has 4 rings (SSSR count). The Kier molecular flexibility index (Phi) is 4.92. The quantitative estimate of drug-likeness (QED) is 0.822. The standard InChI is InChI=1S/C19H22FN5O2S/c1-12-15(28-11-22-12)5-10-27-18(26)25-8-6-19(7-9-25)23-14-4-2-3-13(20)16(14)17(21)24-19/h2-4,11,23H,5-10H2,1H3,(H2,21,24). The second kappa shape index (κ2) is 7.38. The number of benzene rings is 1. The summed E-state index contributed by atoms with van der Waals surface area (Å²) in [6.07, 6.45) is 1.50. The van der Waals surface area contributed by atoms with E-state index in [1.165, 1.54) is 6.07 Å². The van der Waals surface area contributed by atoms with Gasteiger partial charge >= 0.3 is 6.09 Å². The van der Waals surface area contributed by atoms with Crippen molar-refractivity contribution in [3.05, 3.63) is 45.7 Å². The smallest absolute Gasteiger partial charge is 0.409 e. The van der Waals surface area contributed by atoms with Gasteiger partial charge in [-0.05, 0) is 19.1 Å². The first kappa shape index (κ1) is 18.7. The van der Waals surface area contributed by atoms with E-state index in [0.29, 0.717) is 50.2 Å². The molecule has 0 bridgehead atoms. The number of aryl methyl sites for hydroxylation is 1. The molecule has 7 nitrogen and oxygen atoms in total. The van der Waals surface area contributed by atoms with Crippen LogP contribution in [0.4, 0.5) is 14.9 Å². The predicted molar refractivity (Wildman–Crippen MR) is 106 cm³/mol. The number of nitrogens with one attached hydrogen (secondary N) is 1. The number of amidine groups is 1. The number of carbonyl (C=O) groups excluding carboxylic acids is 1. The number of anilines is 1. The monoisotopic (exact) mass is 403 g/mol. The number of nitrogens with two attached hydrogens (primary N) is 1. The van der Waals surface area contributed by atoms with Crippen LogP contribution >= 0.6 is 11.3 Å². The van der Waals surface area contributed by atoms with Gasteiger partial charge in [-0.25, -0.2) is 19.2 Å². The maximum atomic E-state index is 14.0. The third kappa shape index (κ3) is 3.54. The predicted octanol–water partition coefficient (Wildman–Crippen LogP) is 2.89. The molecule has 1 amide bonds. The van der Waals surface area contributed by atoms with Gasteiger partial charge < -0.3 is 20.7 Å². The minimum absolute atomic E-state index is 0.197. The molecule has 3 heterocycles. The number of piperidine rings is 1. The molecule has 9 heteroatoms. The molecule has 1 fully saturated rings. The first-order valence-electron chi connectivity index (χ1n) is 9.20. The summed E-state index contributed by atoms with van der Waals surface area (Å²) in [7, 11) is 0. The van der Waals surface area contributed by atoms with Crippen LogP contribution in [0, 0.1) is 12.7 Å². The lowest BCUT2D eigenvalue weighted by Crippen LogP contribution is -2.52. The fourth-order valence-corrected chi connectivity index (χ4v) is 4.40. The number of hydrogen-bond donors (Lipinski definition) is 2. The number of halogens is 1.